The van der Waals surface area contributed by atoms with E-state index in [9.17, 15) is 14.9 Å². The monoisotopic (exact) mass is 284 g/mol. The normalized spacial score (nSPS) is 13.0. The van der Waals surface area contributed by atoms with Gasteiger partial charge in [0.15, 0.2) is 0 Å². The van der Waals surface area contributed by atoms with Crippen molar-refractivity contribution in [1.82, 2.24) is 0 Å². The molecule has 0 atom stereocenters. The Hall–Kier alpha value is -2.89. The number of aromatic carboxylic acids is 1. The van der Waals surface area contributed by atoms with Crippen LogP contribution in [0.5, 0.6) is 0 Å². The third kappa shape index (κ3) is 2.31. The van der Waals surface area contributed by atoms with Crippen LogP contribution in [-0.2, 0) is 13.1 Å². The molecule has 0 aliphatic carbocycles. The second-order valence-corrected chi connectivity index (χ2v) is 4.89. The molecule has 3 rings (SSSR count). The molecule has 1 aliphatic heterocycles. The van der Waals surface area contributed by atoms with Crippen molar-refractivity contribution in [1.29, 1.82) is 0 Å². The van der Waals surface area contributed by atoms with E-state index in [-0.39, 0.29) is 11.3 Å². The van der Waals surface area contributed by atoms with Crippen molar-refractivity contribution in [2.24, 2.45) is 0 Å². The van der Waals surface area contributed by atoms with E-state index in [4.69, 9.17) is 5.11 Å². The lowest BCUT2D eigenvalue weighted by molar-refractivity contribution is -0.384. The number of nitrogens with zero attached hydrogens (tertiary/aromatic N) is 2. The first-order valence-corrected chi connectivity index (χ1v) is 6.40. The Morgan fingerprint density at radius 2 is 1.76 bits per heavy atom. The first-order valence-electron chi connectivity index (χ1n) is 6.40. The molecule has 6 heteroatoms. The number of carboxylic acids is 1. The molecule has 0 radical (unpaired) electrons. The van der Waals surface area contributed by atoms with Gasteiger partial charge < -0.3 is 10.0 Å². The second-order valence-electron chi connectivity index (χ2n) is 4.89. The van der Waals surface area contributed by atoms with Gasteiger partial charge in [-0.15, -0.1) is 0 Å². The van der Waals surface area contributed by atoms with Crippen molar-refractivity contribution in [3.8, 4) is 0 Å². The third-order valence-electron chi connectivity index (χ3n) is 3.60. The minimum atomic E-state index is -1.17. The summed E-state index contributed by atoms with van der Waals surface area (Å²) in [6.45, 7) is 1.17. The van der Waals surface area contributed by atoms with Crippen LogP contribution in [0.3, 0.4) is 0 Å². The lowest BCUT2D eigenvalue weighted by Gasteiger charge is -2.17. The molecular weight excluding hydrogens is 272 g/mol. The first-order chi connectivity index (χ1) is 10.1. The number of nitro benzene ring substituents is 1. The zero-order valence-electron chi connectivity index (χ0n) is 11.0. The predicted octanol–water partition coefficient (Wildman–Crippen LogP) is 2.81. The van der Waals surface area contributed by atoms with Crippen molar-refractivity contribution < 1.29 is 14.8 Å². The Morgan fingerprint density at radius 1 is 1.14 bits per heavy atom. The number of rotatable bonds is 3. The standard InChI is InChI=1S/C15H12N2O4/c18-15(19)10-5-6-13(14(7-10)17(20)21)16-8-11-3-1-2-4-12(11)9-16/h1-7H,8-9H2,(H,18,19). The number of hydrogen-bond acceptors (Lipinski definition) is 4. The highest BCUT2D eigenvalue weighted by molar-refractivity contribution is 5.90. The van der Waals surface area contributed by atoms with Gasteiger partial charge in [-0.2, -0.15) is 0 Å². The van der Waals surface area contributed by atoms with Crippen molar-refractivity contribution in [3.05, 3.63) is 69.3 Å². The summed E-state index contributed by atoms with van der Waals surface area (Å²) in [5, 5.41) is 20.2. The molecule has 0 amide bonds. The molecule has 106 valence electrons. The smallest absolute Gasteiger partial charge is 0.335 e. The number of benzene rings is 2. The molecule has 2 aromatic carbocycles. The Balaban J connectivity index is 2.00. The van der Waals surface area contributed by atoms with Crippen LogP contribution in [0.15, 0.2) is 42.5 Å². The Morgan fingerprint density at radius 3 is 2.29 bits per heavy atom. The maximum Gasteiger partial charge on any atom is 0.335 e. The fourth-order valence-corrected chi connectivity index (χ4v) is 2.57. The van der Waals surface area contributed by atoms with E-state index in [1.807, 2.05) is 29.2 Å². The number of fused-ring (bicyclic) bond motifs is 1. The molecule has 0 bridgehead atoms. The van der Waals surface area contributed by atoms with Crippen LogP contribution in [0.4, 0.5) is 11.4 Å². The van der Waals surface area contributed by atoms with Crippen LogP contribution >= 0.6 is 0 Å². The summed E-state index contributed by atoms with van der Waals surface area (Å²) in [5.74, 6) is -1.17. The number of hydrogen-bond donors (Lipinski definition) is 1. The molecule has 1 aliphatic rings. The van der Waals surface area contributed by atoms with E-state index in [1.54, 1.807) is 0 Å². The van der Waals surface area contributed by atoms with Crippen LogP contribution < -0.4 is 4.90 Å². The van der Waals surface area contributed by atoms with Gasteiger partial charge in [-0.25, -0.2) is 4.79 Å². The molecule has 0 saturated carbocycles. The van der Waals surface area contributed by atoms with Crippen molar-refractivity contribution >= 4 is 17.3 Å². The SMILES string of the molecule is O=C(O)c1ccc(N2Cc3ccccc3C2)c([N+](=O)[O-])c1. The van der Waals surface area contributed by atoms with Gasteiger partial charge in [0.1, 0.15) is 5.69 Å². The average Bonchev–Trinajstić information content (AvgIpc) is 2.90. The lowest BCUT2D eigenvalue weighted by atomic mass is 10.1. The molecule has 2 aromatic rings. The van der Waals surface area contributed by atoms with Gasteiger partial charge in [0.05, 0.1) is 10.5 Å². The largest absolute Gasteiger partial charge is 0.478 e. The van der Waals surface area contributed by atoms with Gasteiger partial charge in [-0.3, -0.25) is 10.1 Å². The molecule has 0 fully saturated rings. The van der Waals surface area contributed by atoms with Gasteiger partial charge in [0.25, 0.3) is 5.69 Å². The van der Waals surface area contributed by atoms with Gasteiger partial charge in [-0.1, -0.05) is 24.3 Å². The van der Waals surface area contributed by atoms with Crippen LogP contribution in [0.2, 0.25) is 0 Å². The quantitative estimate of drug-likeness (QED) is 0.692. The molecule has 0 spiro atoms. The zero-order valence-corrected chi connectivity index (χ0v) is 11.0. The van der Waals surface area contributed by atoms with E-state index in [2.05, 4.69) is 0 Å². The first kappa shape index (κ1) is 13.1. The van der Waals surface area contributed by atoms with Crippen LogP contribution in [-0.4, -0.2) is 16.0 Å². The van der Waals surface area contributed by atoms with E-state index in [1.165, 1.54) is 12.1 Å². The van der Waals surface area contributed by atoms with E-state index in [0.29, 0.717) is 18.8 Å². The Labute approximate surface area is 120 Å². The number of carbonyl (C=O) groups is 1. The molecule has 21 heavy (non-hydrogen) atoms. The molecule has 1 N–H and O–H groups in total. The summed E-state index contributed by atoms with van der Waals surface area (Å²) >= 11 is 0. The van der Waals surface area contributed by atoms with E-state index in [0.717, 1.165) is 17.2 Å². The maximum atomic E-state index is 11.2. The van der Waals surface area contributed by atoms with E-state index < -0.39 is 10.9 Å². The highest BCUT2D eigenvalue weighted by Gasteiger charge is 2.26. The topological polar surface area (TPSA) is 83.7 Å². The predicted molar refractivity (Wildman–Crippen MR) is 76.4 cm³/mol. The maximum absolute atomic E-state index is 11.2. The fourth-order valence-electron chi connectivity index (χ4n) is 2.57. The van der Waals surface area contributed by atoms with Crippen molar-refractivity contribution in [3.63, 3.8) is 0 Å². The van der Waals surface area contributed by atoms with Gasteiger partial charge in [-0.05, 0) is 23.3 Å². The summed E-state index contributed by atoms with van der Waals surface area (Å²) in [6, 6.07) is 11.9. The van der Waals surface area contributed by atoms with Crippen molar-refractivity contribution in [2.75, 3.05) is 4.90 Å². The Bertz CT molecular complexity index is 717. The van der Waals surface area contributed by atoms with Crippen LogP contribution in [0, 0.1) is 10.1 Å². The van der Waals surface area contributed by atoms with Gasteiger partial charge >= 0.3 is 5.97 Å². The van der Waals surface area contributed by atoms with Crippen molar-refractivity contribution in [2.45, 2.75) is 13.1 Å². The van der Waals surface area contributed by atoms with Gasteiger partial charge in [0.2, 0.25) is 0 Å². The molecule has 0 aromatic heterocycles. The second kappa shape index (κ2) is 4.90. The zero-order chi connectivity index (χ0) is 15.0. The summed E-state index contributed by atoms with van der Waals surface area (Å²) in [4.78, 5) is 23.5. The molecule has 6 nitrogen and oxygen atoms in total. The van der Waals surface area contributed by atoms with Crippen LogP contribution in [0.1, 0.15) is 21.5 Å². The lowest BCUT2D eigenvalue weighted by Crippen LogP contribution is -2.16. The molecule has 0 saturated heterocycles. The number of carboxylic acid groups (broad SMARTS) is 1. The minimum Gasteiger partial charge on any atom is -0.478 e. The van der Waals surface area contributed by atoms with Crippen LogP contribution in [0.25, 0.3) is 0 Å². The molecular formula is C15H12N2O4. The minimum absolute atomic E-state index is 0.0813. The fraction of sp³-hybridized carbons (Fsp3) is 0.133. The summed E-state index contributed by atoms with van der Waals surface area (Å²) < 4.78 is 0. The third-order valence-corrected chi connectivity index (χ3v) is 3.60. The summed E-state index contributed by atoms with van der Waals surface area (Å²) in [6.07, 6.45) is 0. The highest BCUT2D eigenvalue weighted by Crippen LogP contribution is 2.35. The molecule has 1 heterocycles. The molecule has 0 unspecified atom stereocenters. The number of anilines is 1. The summed E-state index contributed by atoms with van der Waals surface area (Å²) in [7, 11) is 0. The Kier molecular flexibility index (Phi) is 3.06. The highest BCUT2D eigenvalue weighted by atomic mass is 16.6. The average molecular weight is 284 g/mol. The summed E-state index contributed by atoms with van der Waals surface area (Å²) in [5.41, 5.74) is 2.45. The van der Waals surface area contributed by atoms with Gasteiger partial charge in [0, 0.05) is 19.2 Å². The van der Waals surface area contributed by atoms with E-state index >= 15 is 0 Å². The number of nitro groups is 1.